The highest BCUT2D eigenvalue weighted by atomic mass is 16.1. The van der Waals surface area contributed by atoms with Crippen LogP contribution in [0, 0.1) is 0 Å². The Labute approximate surface area is 93.7 Å². The first-order valence-electron chi connectivity index (χ1n) is 5.20. The van der Waals surface area contributed by atoms with Crippen molar-refractivity contribution in [2.75, 3.05) is 5.32 Å². The van der Waals surface area contributed by atoms with Crippen molar-refractivity contribution >= 4 is 11.6 Å². The van der Waals surface area contributed by atoms with Crippen molar-refractivity contribution in [2.45, 2.75) is 13.3 Å². The second kappa shape index (κ2) is 4.61. The van der Waals surface area contributed by atoms with E-state index in [0.29, 0.717) is 5.69 Å². The van der Waals surface area contributed by atoms with Crippen molar-refractivity contribution in [3.63, 3.8) is 0 Å². The Bertz CT molecular complexity index is 476. The topological polar surface area (TPSA) is 57.8 Å². The van der Waals surface area contributed by atoms with E-state index in [9.17, 15) is 4.79 Å². The van der Waals surface area contributed by atoms with E-state index in [1.165, 1.54) is 0 Å². The van der Waals surface area contributed by atoms with Crippen molar-refractivity contribution in [3.05, 3.63) is 47.8 Å². The van der Waals surface area contributed by atoms with Gasteiger partial charge in [-0.3, -0.25) is 9.89 Å². The first-order chi connectivity index (χ1) is 7.81. The molecule has 0 spiro atoms. The molecule has 2 aromatic rings. The lowest BCUT2D eigenvalue weighted by Gasteiger charge is -2.03. The van der Waals surface area contributed by atoms with E-state index in [1.54, 1.807) is 6.20 Å². The molecule has 82 valence electrons. The van der Waals surface area contributed by atoms with Crippen LogP contribution in [0.1, 0.15) is 23.0 Å². The van der Waals surface area contributed by atoms with E-state index >= 15 is 0 Å². The third-order valence-electron chi connectivity index (χ3n) is 2.35. The number of para-hydroxylation sites is 1. The van der Waals surface area contributed by atoms with E-state index in [4.69, 9.17) is 0 Å². The predicted molar refractivity (Wildman–Crippen MR) is 62.4 cm³/mol. The Hall–Kier alpha value is -2.10. The molecular weight excluding hydrogens is 202 g/mol. The van der Waals surface area contributed by atoms with E-state index in [2.05, 4.69) is 15.5 Å². The number of carbonyl (C=O) groups excluding carboxylic acids is 1. The number of H-pyrrole nitrogens is 1. The maximum atomic E-state index is 11.9. The number of carbonyl (C=O) groups is 1. The van der Waals surface area contributed by atoms with Crippen LogP contribution in [-0.2, 0) is 6.42 Å². The molecule has 1 aromatic heterocycles. The van der Waals surface area contributed by atoms with Crippen molar-refractivity contribution in [1.29, 1.82) is 0 Å². The minimum Gasteiger partial charge on any atom is -0.321 e. The van der Waals surface area contributed by atoms with Gasteiger partial charge in [-0.15, -0.1) is 0 Å². The maximum absolute atomic E-state index is 11.9. The monoisotopic (exact) mass is 215 g/mol. The summed E-state index contributed by atoms with van der Waals surface area (Å²) in [5.74, 6) is -0.177. The number of aromatic nitrogens is 2. The van der Waals surface area contributed by atoms with Crippen molar-refractivity contribution in [3.8, 4) is 0 Å². The molecular formula is C12H13N3O. The van der Waals surface area contributed by atoms with Crippen LogP contribution in [0.2, 0.25) is 0 Å². The predicted octanol–water partition coefficient (Wildman–Crippen LogP) is 2.22. The second-order valence-corrected chi connectivity index (χ2v) is 3.43. The van der Waals surface area contributed by atoms with Gasteiger partial charge in [-0.2, -0.15) is 5.10 Å². The van der Waals surface area contributed by atoms with Crippen molar-refractivity contribution in [1.82, 2.24) is 10.2 Å². The number of rotatable bonds is 3. The molecule has 0 bridgehead atoms. The molecule has 0 unspecified atom stereocenters. The summed E-state index contributed by atoms with van der Waals surface area (Å²) in [5, 5.41) is 9.45. The zero-order valence-electron chi connectivity index (χ0n) is 9.03. The van der Waals surface area contributed by atoms with Crippen LogP contribution in [0.25, 0.3) is 0 Å². The van der Waals surface area contributed by atoms with E-state index in [0.717, 1.165) is 17.7 Å². The van der Waals surface area contributed by atoms with Gasteiger partial charge in [0.25, 0.3) is 5.91 Å². The summed E-state index contributed by atoms with van der Waals surface area (Å²) in [6.07, 6.45) is 2.54. The lowest BCUT2D eigenvalue weighted by Crippen LogP contribution is -2.14. The summed E-state index contributed by atoms with van der Waals surface area (Å²) in [4.78, 5) is 11.9. The Morgan fingerprint density at radius 1 is 1.38 bits per heavy atom. The molecule has 16 heavy (non-hydrogen) atoms. The lowest BCUT2D eigenvalue weighted by atomic mass is 10.2. The smallest absolute Gasteiger partial charge is 0.276 e. The van der Waals surface area contributed by atoms with Gasteiger partial charge in [-0.05, 0) is 18.6 Å². The summed E-state index contributed by atoms with van der Waals surface area (Å²) < 4.78 is 0. The summed E-state index contributed by atoms with van der Waals surface area (Å²) >= 11 is 0. The van der Waals surface area contributed by atoms with Gasteiger partial charge in [0.05, 0.1) is 0 Å². The largest absolute Gasteiger partial charge is 0.321 e. The molecule has 1 amide bonds. The van der Waals surface area contributed by atoms with Crippen molar-refractivity contribution in [2.24, 2.45) is 0 Å². The summed E-state index contributed by atoms with van der Waals surface area (Å²) in [5.41, 5.74) is 2.16. The zero-order valence-corrected chi connectivity index (χ0v) is 9.03. The number of hydrogen-bond donors (Lipinski definition) is 2. The second-order valence-electron chi connectivity index (χ2n) is 3.43. The van der Waals surface area contributed by atoms with Crippen LogP contribution in [-0.4, -0.2) is 16.1 Å². The molecule has 0 radical (unpaired) electrons. The fraction of sp³-hybridized carbons (Fsp3) is 0.167. The van der Waals surface area contributed by atoms with Crippen LogP contribution in [0.5, 0.6) is 0 Å². The van der Waals surface area contributed by atoms with Crippen molar-refractivity contribution < 1.29 is 4.79 Å². The number of hydrogen-bond acceptors (Lipinski definition) is 2. The normalized spacial score (nSPS) is 10.1. The molecule has 0 aliphatic heterocycles. The Balaban J connectivity index is 2.15. The molecule has 1 heterocycles. The van der Waals surface area contributed by atoms with Gasteiger partial charge in [0, 0.05) is 17.4 Å². The van der Waals surface area contributed by atoms with Gasteiger partial charge in [-0.25, -0.2) is 0 Å². The summed E-state index contributed by atoms with van der Waals surface area (Å²) in [7, 11) is 0. The first kappa shape index (κ1) is 10.4. The number of benzene rings is 1. The highest BCUT2D eigenvalue weighted by Crippen LogP contribution is 2.10. The van der Waals surface area contributed by atoms with E-state index < -0.39 is 0 Å². The van der Waals surface area contributed by atoms with Crippen LogP contribution in [0.3, 0.4) is 0 Å². The zero-order chi connectivity index (χ0) is 11.4. The SMILES string of the molecule is CCc1c[nH]nc1C(=O)Nc1ccccc1. The van der Waals surface area contributed by atoms with E-state index in [1.807, 2.05) is 37.3 Å². The standard InChI is InChI=1S/C12H13N3O/c1-2-9-8-13-15-11(9)12(16)14-10-6-4-3-5-7-10/h3-8H,2H2,1H3,(H,13,15)(H,14,16). The molecule has 1 aromatic carbocycles. The Kier molecular flexibility index (Phi) is 3.00. The number of nitrogens with one attached hydrogen (secondary N) is 2. The Morgan fingerprint density at radius 3 is 2.81 bits per heavy atom. The molecule has 2 N–H and O–H groups in total. The molecule has 4 nitrogen and oxygen atoms in total. The molecule has 0 saturated heterocycles. The minimum atomic E-state index is -0.177. The van der Waals surface area contributed by atoms with Gasteiger partial charge in [0.2, 0.25) is 0 Å². The highest BCUT2D eigenvalue weighted by molar-refractivity contribution is 6.03. The quantitative estimate of drug-likeness (QED) is 0.824. The van der Waals surface area contributed by atoms with Gasteiger partial charge in [0.1, 0.15) is 0 Å². The molecule has 0 aliphatic carbocycles. The fourth-order valence-electron chi connectivity index (χ4n) is 1.49. The number of aryl methyl sites for hydroxylation is 1. The highest BCUT2D eigenvalue weighted by Gasteiger charge is 2.13. The van der Waals surface area contributed by atoms with Crippen LogP contribution >= 0.6 is 0 Å². The van der Waals surface area contributed by atoms with Crippen LogP contribution in [0.4, 0.5) is 5.69 Å². The Morgan fingerprint density at radius 2 is 2.12 bits per heavy atom. The number of anilines is 1. The number of aromatic amines is 1. The first-order valence-corrected chi connectivity index (χ1v) is 5.20. The van der Waals surface area contributed by atoms with Gasteiger partial charge in [0.15, 0.2) is 5.69 Å². The third-order valence-corrected chi connectivity index (χ3v) is 2.35. The lowest BCUT2D eigenvalue weighted by molar-refractivity contribution is 0.102. The average molecular weight is 215 g/mol. The minimum absolute atomic E-state index is 0.177. The summed E-state index contributed by atoms with van der Waals surface area (Å²) in [6.45, 7) is 1.99. The van der Waals surface area contributed by atoms with Crippen LogP contribution < -0.4 is 5.32 Å². The van der Waals surface area contributed by atoms with Gasteiger partial charge in [-0.1, -0.05) is 25.1 Å². The van der Waals surface area contributed by atoms with E-state index in [-0.39, 0.29) is 5.91 Å². The summed E-state index contributed by atoms with van der Waals surface area (Å²) in [6, 6.07) is 9.34. The number of nitrogens with zero attached hydrogens (tertiary/aromatic N) is 1. The molecule has 2 rings (SSSR count). The number of amides is 1. The molecule has 0 aliphatic rings. The maximum Gasteiger partial charge on any atom is 0.276 e. The molecule has 0 saturated carbocycles. The third kappa shape index (κ3) is 2.11. The fourth-order valence-corrected chi connectivity index (χ4v) is 1.49. The molecule has 0 atom stereocenters. The molecule has 4 heteroatoms. The van der Waals surface area contributed by atoms with Gasteiger partial charge >= 0.3 is 0 Å². The average Bonchev–Trinajstić information content (AvgIpc) is 2.78. The van der Waals surface area contributed by atoms with Gasteiger partial charge < -0.3 is 5.32 Å². The molecule has 0 fully saturated rings. The van der Waals surface area contributed by atoms with Crippen LogP contribution in [0.15, 0.2) is 36.5 Å².